The Labute approximate surface area is 186 Å². The number of hydrogen-bond donors (Lipinski definition) is 2. The molecular formula is C21H35IN4O2. The van der Waals surface area contributed by atoms with Gasteiger partial charge in [-0.2, -0.15) is 0 Å². The molecule has 0 atom stereocenters. The van der Waals surface area contributed by atoms with Crippen LogP contribution in [0.2, 0.25) is 0 Å². The molecule has 1 aromatic rings. The molecule has 1 aliphatic rings. The zero-order valence-electron chi connectivity index (χ0n) is 17.2. The number of guanidine groups is 1. The molecule has 1 aliphatic heterocycles. The summed E-state index contributed by atoms with van der Waals surface area (Å²) in [7, 11) is 0. The van der Waals surface area contributed by atoms with Gasteiger partial charge < -0.3 is 20.3 Å². The standard InChI is InChI=1S/C21H34N4O2.HI/c1-3-22-21(24-13-16-27-19-10-7-9-18(2)17-19)23-12-8-15-25-14-6-4-5-11-20(25)26;/h7,9-10,17H,3-6,8,11-16H2,1-2H3,(H2,22,23,24);1H. The van der Waals surface area contributed by atoms with Crippen molar-refractivity contribution in [2.75, 3.05) is 39.3 Å². The number of aliphatic imine (C=N–C) groups is 1. The van der Waals surface area contributed by atoms with Gasteiger partial charge in [0.15, 0.2) is 5.96 Å². The molecule has 0 unspecified atom stereocenters. The molecule has 0 bridgehead atoms. The topological polar surface area (TPSA) is 66.0 Å². The number of nitrogens with zero attached hydrogens (tertiary/aromatic N) is 2. The second kappa shape index (κ2) is 14.5. The molecule has 0 radical (unpaired) electrons. The van der Waals surface area contributed by atoms with Gasteiger partial charge in [0.2, 0.25) is 5.91 Å². The minimum absolute atomic E-state index is 0. The summed E-state index contributed by atoms with van der Waals surface area (Å²) < 4.78 is 5.75. The fourth-order valence-electron chi connectivity index (χ4n) is 3.11. The third kappa shape index (κ3) is 9.61. The molecule has 0 saturated carbocycles. The molecule has 28 heavy (non-hydrogen) atoms. The number of rotatable bonds is 9. The third-order valence-corrected chi connectivity index (χ3v) is 4.52. The van der Waals surface area contributed by atoms with E-state index in [1.54, 1.807) is 0 Å². The van der Waals surface area contributed by atoms with Crippen molar-refractivity contribution in [3.05, 3.63) is 29.8 Å². The van der Waals surface area contributed by atoms with Gasteiger partial charge in [-0.25, -0.2) is 0 Å². The highest BCUT2D eigenvalue weighted by Gasteiger charge is 2.15. The number of aryl methyl sites for hydroxylation is 1. The number of benzene rings is 1. The largest absolute Gasteiger partial charge is 0.492 e. The van der Waals surface area contributed by atoms with Crippen LogP contribution in [0.1, 0.15) is 44.6 Å². The predicted molar refractivity (Wildman–Crippen MR) is 126 cm³/mol. The Balaban J connectivity index is 0.00000392. The lowest BCUT2D eigenvalue weighted by molar-refractivity contribution is -0.130. The summed E-state index contributed by atoms with van der Waals surface area (Å²) in [6.45, 7) is 8.60. The Kier molecular flexibility index (Phi) is 12.7. The van der Waals surface area contributed by atoms with Gasteiger partial charge >= 0.3 is 0 Å². The summed E-state index contributed by atoms with van der Waals surface area (Å²) in [5.74, 6) is 1.99. The highest BCUT2D eigenvalue weighted by atomic mass is 127. The van der Waals surface area contributed by atoms with Crippen LogP contribution in [-0.4, -0.2) is 56.1 Å². The van der Waals surface area contributed by atoms with Gasteiger partial charge in [0.05, 0.1) is 6.54 Å². The fourth-order valence-corrected chi connectivity index (χ4v) is 3.11. The quantitative estimate of drug-likeness (QED) is 0.235. The van der Waals surface area contributed by atoms with Gasteiger partial charge in [-0.05, 0) is 50.8 Å². The van der Waals surface area contributed by atoms with E-state index in [-0.39, 0.29) is 24.0 Å². The second-order valence-corrected chi connectivity index (χ2v) is 6.90. The molecule has 6 nitrogen and oxygen atoms in total. The van der Waals surface area contributed by atoms with Crippen LogP contribution < -0.4 is 15.4 Å². The van der Waals surface area contributed by atoms with Crippen molar-refractivity contribution in [1.29, 1.82) is 0 Å². The number of halogens is 1. The van der Waals surface area contributed by atoms with E-state index < -0.39 is 0 Å². The maximum atomic E-state index is 12.0. The molecule has 7 heteroatoms. The average Bonchev–Trinajstić information content (AvgIpc) is 2.86. The van der Waals surface area contributed by atoms with Crippen molar-refractivity contribution in [2.45, 2.75) is 46.0 Å². The van der Waals surface area contributed by atoms with E-state index in [0.717, 1.165) is 50.6 Å². The summed E-state index contributed by atoms with van der Waals surface area (Å²) in [6.07, 6.45) is 4.92. The fraction of sp³-hybridized carbons (Fsp3) is 0.619. The normalized spacial score (nSPS) is 14.9. The lowest BCUT2D eigenvalue weighted by Gasteiger charge is -2.20. The summed E-state index contributed by atoms with van der Waals surface area (Å²) >= 11 is 0. The van der Waals surface area contributed by atoms with Crippen LogP contribution in [-0.2, 0) is 4.79 Å². The van der Waals surface area contributed by atoms with Gasteiger partial charge in [0.25, 0.3) is 0 Å². The van der Waals surface area contributed by atoms with Gasteiger partial charge in [-0.3, -0.25) is 9.79 Å². The van der Waals surface area contributed by atoms with Crippen LogP contribution in [0, 0.1) is 6.92 Å². The van der Waals surface area contributed by atoms with Crippen LogP contribution in [0.5, 0.6) is 5.75 Å². The molecule has 1 saturated heterocycles. The van der Waals surface area contributed by atoms with Crippen molar-refractivity contribution in [2.24, 2.45) is 4.99 Å². The molecule has 2 rings (SSSR count). The minimum Gasteiger partial charge on any atom is -0.492 e. The minimum atomic E-state index is 0. The summed E-state index contributed by atoms with van der Waals surface area (Å²) in [5, 5.41) is 6.55. The number of amides is 1. The highest BCUT2D eigenvalue weighted by molar-refractivity contribution is 14.0. The first-order valence-electron chi connectivity index (χ1n) is 10.2. The SMILES string of the molecule is CCNC(=NCCCN1CCCCCC1=O)NCCOc1cccc(C)c1.I. The Bertz CT molecular complexity index is 610. The maximum absolute atomic E-state index is 12.0. The smallest absolute Gasteiger partial charge is 0.222 e. The molecule has 0 aromatic heterocycles. The monoisotopic (exact) mass is 502 g/mol. The maximum Gasteiger partial charge on any atom is 0.222 e. The van der Waals surface area contributed by atoms with E-state index >= 15 is 0 Å². The molecule has 2 N–H and O–H groups in total. The van der Waals surface area contributed by atoms with Crippen LogP contribution in [0.25, 0.3) is 0 Å². The zero-order chi connectivity index (χ0) is 19.3. The first kappa shape index (κ1) is 24.5. The van der Waals surface area contributed by atoms with E-state index in [1.165, 1.54) is 12.0 Å². The molecule has 0 aliphatic carbocycles. The molecule has 1 heterocycles. The van der Waals surface area contributed by atoms with Crippen molar-refractivity contribution in [1.82, 2.24) is 15.5 Å². The molecule has 158 valence electrons. The first-order chi connectivity index (χ1) is 13.2. The van der Waals surface area contributed by atoms with Crippen molar-refractivity contribution >= 4 is 35.8 Å². The van der Waals surface area contributed by atoms with Crippen molar-refractivity contribution in [3.63, 3.8) is 0 Å². The lowest BCUT2D eigenvalue weighted by atomic mass is 10.2. The van der Waals surface area contributed by atoms with Gasteiger partial charge in [0, 0.05) is 32.6 Å². The predicted octanol–water partition coefficient (Wildman–Crippen LogP) is 3.34. The third-order valence-electron chi connectivity index (χ3n) is 4.52. The summed E-state index contributed by atoms with van der Waals surface area (Å²) in [5.41, 5.74) is 1.19. The second-order valence-electron chi connectivity index (χ2n) is 6.90. The van der Waals surface area contributed by atoms with E-state index in [1.807, 2.05) is 23.1 Å². The number of hydrogen-bond acceptors (Lipinski definition) is 3. The van der Waals surface area contributed by atoms with Crippen LogP contribution >= 0.6 is 24.0 Å². The average molecular weight is 502 g/mol. The first-order valence-corrected chi connectivity index (χ1v) is 10.2. The number of nitrogens with one attached hydrogen (secondary N) is 2. The van der Waals surface area contributed by atoms with Crippen molar-refractivity contribution in [3.8, 4) is 5.75 Å². The van der Waals surface area contributed by atoms with E-state index in [9.17, 15) is 4.79 Å². The Morgan fingerprint density at radius 1 is 1.25 bits per heavy atom. The molecule has 1 aromatic carbocycles. The van der Waals surface area contributed by atoms with Crippen molar-refractivity contribution < 1.29 is 9.53 Å². The number of carbonyl (C=O) groups excluding carboxylic acids is 1. The highest BCUT2D eigenvalue weighted by Crippen LogP contribution is 2.12. The Hall–Kier alpha value is -1.51. The van der Waals surface area contributed by atoms with Gasteiger partial charge in [0.1, 0.15) is 12.4 Å². The van der Waals surface area contributed by atoms with Crippen LogP contribution in [0.4, 0.5) is 0 Å². The Morgan fingerprint density at radius 2 is 2.11 bits per heavy atom. The van der Waals surface area contributed by atoms with Gasteiger partial charge in [-0.15, -0.1) is 24.0 Å². The molecule has 1 amide bonds. The molecule has 0 spiro atoms. The molecule has 1 fully saturated rings. The zero-order valence-corrected chi connectivity index (χ0v) is 19.5. The molecular weight excluding hydrogens is 467 g/mol. The van der Waals surface area contributed by atoms with E-state index in [2.05, 4.69) is 35.5 Å². The van der Waals surface area contributed by atoms with E-state index in [0.29, 0.717) is 32.0 Å². The summed E-state index contributed by atoms with van der Waals surface area (Å²) in [6, 6.07) is 8.05. The number of likely N-dealkylation sites (tertiary alicyclic amines) is 1. The summed E-state index contributed by atoms with van der Waals surface area (Å²) in [4.78, 5) is 18.6. The van der Waals surface area contributed by atoms with Gasteiger partial charge in [-0.1, -0.05) is 18.6 Å². The van der Waals surface area contributed by atoms with E-state index in [4.69, 9.17) is 4.74 Å². The van der Waals surface area contributed by atoms with Crippen LogP contribution in [0.3, 0.4) is 0 Å². The number of ether oxygens (including phenoxy) is 1. The Morgan fingerprint density at radius 3 is 2.89 bits per heavy atom. The van der Waals surface area contributed by atoms with Crippen LogP contribution in [0.15, 0.2) is 29.3 Å². The lowest BCUT2D eigenvalue weighted by Crippen LogP contribution is -2.39. The number of carbonyl (C=O) groups is 1.